The van der Waals surface area contributed by atoms with E-state index in [4.69, 9.17) is 4.74 Å². The van der Waals surface area contributed by atoms with Gasteiger partial charge in [0.2, 0.25) is 11.8 Å². The Bertz CT molecular complexity index is 1170. The minimum Gasteiger partial charge on any atom is -0.378 e. The highest BCUT2D eigenvalue weighted by molar-refractivity contribution is 6.00. The molecule has 3 aromatic rings. The van der Waals surface area contributed by atoms with Gasteiger partial charge in [-0.15, -0.1) is 0 Å². The number of rotatable bonds is 9. The van der Waals surface area contributed by atoms with Gasteiger partial charge in [0.15, 0.2) is 0 Å². The molecular formula is C31H37N3O3. The Morgan fingerprint density at radius 1 is 0.919 bits per heavy atom. The number of benzene rings is 3. The molecule has 6 nitrogen and oxygen atoms in total. The number of aryl methyl sites for hydroxylation is 1. The molecule has 1 heterocycles. The van der Waals surface area contributed by atoms with Crippen LogP contribution in [0.1, 0.15) is 37.0 Å². The third kappa shape index (κ3) is 6.57. The number of carbonyl (C=O) groups is 2. The molecule has 1 saturated heterocycles. The fraction of sp³-hybridized carbons (Fsp3) is 0.355. The van der Waals surface area contributed by atoms with Crippen molar-refractivity contribution in [3.05, 3.63) is 95.6 Å². The molecule has 6 heteroatoms. The number of nitrogens with zero attached hydrogens (tertiary/aromatic N) is 2. The summed E-state index contributed by atoms with van der Waals surface area (Å²) in [5.41, 5.74) is 3.88. The average molecular weight is 500 g/mol. The molecule has 0 bridgehead atoms. The number of anilines is 2. The summed E-state index contributed by atoms with van der Waals surface area (Å²) in [4.78, 5) is 31.5. The first-order chi connectivity index (χ1) is 17.9. The molecule has 0 aromatic heterocycles. The van der Waals surface area contributed by atoms with Crippen LogP contribution in [0.3, 0.4) is 0 Å². The maximum Gasteiger partial charge on any atom is 0.250 e. The molecule has 2 amide bonds. The van der Waals surface area contributed by atoms with Gasteiger partial charge in [-0.2, -0.15) is 0 Å². The van der Waals surface area contributed by atoms with Crippen molar-refractivity contribution in [2.75, 3.05) is 36.5 Å². The van der Waals surface area contributed by atoms with E-state index in [1.54, 1.807) is 4.90 Å². The van der Waals surface area contributed by atoms with E-state index in [1.807, 2.05) is 99.6 Å². The molecule has 4 rings (SSSR count). The second kappa shape index (κ2) is 12.1. The second-order valence-electron chi connectivity index (χ2n) is 9.86. The number of morpholine rings is 1. The summed E-state index contributed by atoms with van der Waals surface area (Å²) in [6.07, 6.45) is 0.723. The van der Waals surface area contributed by atoms with Crippen LogP contribution in [0.2, 0.25) is 0 Å². The van der Waals surface area contributed by atoms with Crippen molar-refractivity contribution < 1.29 is 14.3 Å². The molecule has 1 aliphatic rings. The van der Waals surface area contributed by atoms with Crippen molar-refractivity contribution in [2.24, 2.45) is 0 Å². The van der Waals surface area contributed by atoms with E-state index in [0.29, 0.717) is 18.7 Å². The lowest BCUT2D eigenvalue weighted by atomic mass is 9.92. The highest BCUT2D eigenvalue weighted by Crippen LogP contribution is 2.27. The van der Waals surface area contributed by atoms with Gasteiger partial charge in [-0.1, -0.05) is 67.1 Å². The van der Waals surface area contributed by atoms with Crippen LogP contribution < -0.4 is 10.2 Å². The summed E-state index contributed by atoms with van der Waals surface area (Å²) in [7, 11) is 0. The third-order valence-corrected chi connectivity index (χ3v) is 7.24. The standard InChI is InChI=1S/C31H37N3O3/c1-4-31(3,30(36)32-27-14-16-28(17-15-27)33-18-20-37-21-19-33)34(23-26-12-10-24(2)11-13-26)29(35)22-25-8-6-5-7-9-25/h5-17H,4,18-23H2,1-3H3,(H,32,36). The van der Waals surface area contributed by atoms with Crippen LogP contribution in [0, 0.1) is 6.92 Å². The normalized spacial score (nSPS) is 15.1. The van der Waals surface area contributed by atoms with Gasteiger partial charge in [0.1, 0.15) is 5.54 Å². The predicted molar refractivity (Wildman–Crippen MR) is 149 cm³/mol. The van der Waals surface area contributed by atoms with E-state index in [9.17, 15) is 9.59 Å². The maximum atomic E-state index is 13.8. The molecule has 1 fully saturated rings. The number of hydrogen-bond acceptors (Lipinski definition) is 4. The number of ether oxygens (including phenoxy) is 1. The van der Waals surface area contributed by atoms with Gasteiger partial charge in [0, 0.05) is 31.0 Å². The summed E-state index contributed by atoms with van der Waals surface area (Å²) < 4.78 is 5.44. The van der Waals surface area contributed by atoms with Gasteiger partial charge < -0.3 is 19.9 Å². The number of hydrogen-bond donors (Lipinski definition) is 1. The maximum absolute atomic E-state index is 13.8. The largest absolute Gasteiger partial charge is 0.378 e. The minimum absolute atomic E-state index is 0.0751. The zero-order chi connectivity index (χ0) is 26.3. The summed E-state index contributed by atoms with van der Waals surface area (Å²) in [6, 6.07) is 25.7. The third-order valence-electron chi connectivity index (χ3n) is 7.24. The Morgan fingerprint density at radius 2 is 1.57 bits per heavy atom. The van der Waals surface area contributed by atoms with E-state index in [0.717, 1.165) is 48.7 Å². The highest BCUT2D eigenvalue weighted by atomic mass is 16.5. The van der Waals surface area contributed by atoms with Gasteiger partial charge in [-0.05, 0) is 55.7 Å². The smallest absolute Gasteiger partial charge is 0.250 e. The topological polar surface area (TPSA) is 61.9 Å². The second-order valence-corrected chi connectivity index (χ2v) is 9.86. The summed E-state index contributed by atoms with van der Waals surface area (Å²) >= 11 is 0. The van der Waals surface area contributed by atoms with Crippen LogP contribution in [0.5, 0.6) is 0 Å². The first-order valence-corrected chi connectivity index (χ1v) is 13.0. The Morgan fingerprint density at radius 3 is 2.19 bits per heavy atom. The number of carbonyl (C=O) groups excluding carboxylic acids is 2. The van der Waals surface area contributed by atoms with E-state index >= 15 is 0 Å². The van der Waals surface area contributed by atoms with Crippen molar-refractivity contribution in [1.82, 2.24) is 4.90 Å². The van der Waals surface area contributed by atoms with Crippen molar-refractivity contribution in [3.63, 3.8) is 0 Å². The van der Waals surface area contributed by atoms with E-state index in [1.165, 1.54) is 0 Å². The van der Waals surface area contributed by atoms with E-state index < -0.39 is 5.54 Å². The molecule has 0 aliphatic carbocycles. The van der Waals surface area contributed by atoms with Crippen LogP contribution in [0.4, 0.5) is 11.4 Å². The van der Waals surface area contributed by atoms with Crippen LogP contribution in [-0.4, -0.2) is 48.6 Å². The summed E-state index contributed by atoms with van der Waals surface area (Å²) in [5, 5.41) is 3.08. The summed E-state index contributed by atoms with van der Waals surface area (Å²) in [6.45, 7) is 9.38. The van der Waals surface area contributed by atoms with Gasteiger partial charge in [0.25, 0.3) is 0 Å². The lowest BCUT2D eigenvalue weighted by molar-refractivity contribution is -0.145. The zero-order valence-electron chi connectivity index (χ0n) is 22.1. The van der Waals surface area contributed by atoms with Crippen LogP contribution in [-0.2, 0) is 27.3 Å². The molecule has 1 atom stereocenters. The van der Waals surface area contributed by atoms with Crippen molar-refractivity contribution in [1.29, 1.82) is 0 Å². The van der Waals surface area contributed by atoms with Crippen LogP contribution in [0.25, 0.3) is 0 Å². The monoisotopic (exact) mass is 499 g/mol. The molecule has 194 valence electrons. The Hall–Kier alpha value is -3.64. The van der Waals surface area contributed by atoms with E-state index in [2.05, 4.69) is 10.2 Å². The Kier molecular flexibility index (Phi) is 8.62. The first kappa shape index (κ1) is 26.4. The Balaban J connectivity index is 1.55. The zero-order valence-corrected chi connectivity index (χ0v) is 22.1. The molecule has 0 spiro atoms. The fourth-order valence-corrected chi connectivity index (χ4v) is 4.60. The average Bonchev–Trinajstić information content (AvgIpc) is 2.93. The number of nitrogens with one attached hydrogen (secondary N) is 1. The van der Waals surface area contributed by atoms with Gasteiger partial charge in [0.05, 0.1) is 19.6 Å². The lowest BCUT2D eigenvalue weighted by Crippen LogP contribution is -2.56. The number of amides is 2. The fourth-order valence-electron chi connectivity index (χ4n) is 4.60. The minimum atomic E-state index is -1.03. The van der Waals surface area contributed by atoms with Crippen LogP contribution in [0.15, 0.2) is 78.9 Å². The molecular weight excluding hydrogens is 462 g/mol. The SMILES string of the molecule is CCC(C)(C(=O)Nc1ccc(N2CCOCC2)cc1)N(Cc1ccc(C)cc1)C(=O)Cc1ccccc1. The molecule has 0 radical (unpaired) electrons. The highest BCUT2D eigenvalue weighted by Gasteiger charge is 2.40. The molecule has 3 aromatic carbocycles. The van der Waals surface area contributed by atoms with Gasteiger partial charge in [-0.3, -0.25) is 9.59 Å². The van der Waals surface area contributed by atoms with Crippen LogP contribution >= 0.6 is 0 Å². The lowest BCUT2D eigenvalue weighted by Gasteiger charge is -2.40. The molecule has 1 N–H and O–H groups in total. The van der Waals surface area contributed by atoms with Gasteiger partial charge >= 0.3 is 0 Å². The quantitative estimate of drug-likeness (QED) is 0.439. The molecule has 37 heavy (non-hydrogen) atoms. The molecule has 1 unspecified atom stereocenters. The van der Waals surface area contributed by atoms with Crippen molar-refractivity contribution in [2.45, 2.75) is 45.7 Å². The van der Waals surface area contributed by atoms with Gasteiger partial charge in [-0.25, -0.2) is 0 Å². The summed E-state index contributed by atoms with van der Waals surface area (Å²) in [5.74, 6) is -0.267. The predicted octanol–water partition coefficient (Wildman–Crippen LogP) is 5.21. The molecule has 1 aliphatic heterocycles. The van der Waals surface area contributed by atoms with Crippen molar-refractivity contribution in [3.8, 4) is 0 Å². The Labute approximate surface area is 220 Å². The molecule has 0 saturated carbocycles. The van der Waals surface area contributed by atoms with E-state index in [-0.39, 0.29) is 18.2 Å². The first-order valence-electron chi connectivity index (χ1n) is 13.0. The van der Waals surface area contributed by atoms with Crippen molar-refractivity contribution >= 4 is 23.2 Å².